The third-order valence-corrected chi connectivity index (χ3v) is 11.1. The second-order valence-electron chi connectivity index (χ2n) is 14.5. The fourth-order valence-corrected chi connectivity index (χ4v) is 7.66. The van der Waals surface area contributed by atoms with Crippen LogP contribution in [0.25, 0.3) is 0 Å². The van der Waals surface area contributed by atoms with E-state index in [9.17, 15) is 19.8 Å². The largest absolute Gasteiger partial charge is 0.508 e. The molecule has 0 spiro atoms. The topological polar surface area (TPSA) is 99.3 Å². The Morgan fingerprint density at radius 1 is 0.579 bits per heavy atom. The first-order valence-corrected chi connectivity index (χ1v) is 19.7. The second-order valence-corrected chi connectivity index (χ2v) is 15.4. The van der Waals surface area contributed by atoms with Crippen LogP contribution >= 0.6 is 23.2 Å². The molecule has 2 aliphatic heterocycles. The number of hydrogen-bond acceptors (Lipinski definition) is 6. The molecule has 0 saturated heterocycles. The smallest absolute Gasteiger partial charge is 0.162 e. The standard InChI is InChI=1S/C25H22ClNO2.C24H20ClNO2/c1-16-4-2-3-5-19(16)12-23-24(29)13-20-10-11-21(26)14-22(20)25(27-23)18-8-6-17(15-28)7-9-18;1-15-4-2-3-5-17(15)12-22-23(28)13-18-6-9-19(25)14-21(18)24(26-22)16-7-10-20(27)11-8-16/h2-11,14,23,28H,12-13,15H2,1H3;2-11,14,22,27H,12-13H2,1H3. The molecule has 2 atom stereocenters. The van der Waals surface area contributed by atoms with Gasteiger partial charge in [-0.2, -0.15) is 0 Å². The van der Waals surface area contributed by atoms with Gasteiger partial charge < -0.3 is 10.2 Å². The zero-order chi connectivity index (χ0) is 40.1. The number of rotatable bonds is 7. The van der Waals surface area contributed by atoms with Crippen LogP contribution in [-0.4, -0.2) is 45.3 Å². The van der Waals surface area contributed by atoms with Crippen molar-refractivity contribution in [1.82, 2.24) is 0 Å². The number of halogens is 2. The van der Waals surface area contributed by atoms with E-state index < -0.39 is 12.1 Å². The molecule has 6 aromatic rings. The lowest BCUT2D eigenvalue weighted by atomic mass is 9.94. The molecule has 0 aromatic heterocycles. The molecule has 0 fully saturated rings. The van der Waals surface area contributed by atoms with Crippen LogP contribution in [0.3, 0.4) is 0 Å². The third-order valence-electron chi connectivity index (χ3n) is 10.6. The molecule has 57 heavy (non-hydrogen) atoms. The number of aromatic hydroxyl groups is 1. The Bertz CT molecular complexity index is 2510. The lowest BCUT2D eigenvalue weighted by molar-refractivity contribution is -0.120. The van der Waals surface area contributed by atoms with Crippen molar-refractivity contribution < 1.29 is 19.8 Å². The number of aliphatic imine (C=N–C) groups is 2. The van der Waals surface area contributed by atoms with Gasteiger partial charge in [-0.1, -0.05) is 108 Å². The third kappa shape index (κ3) is 9.32. The highest BCUT2D eigenvalue weighted by atomic mass is 35.5. The highest BCUT2D eigenvalue weighted by Crippen LogP contribution is 2.29. The van der Waals surface area contributed by atoms with Gasteiger partial charge >= 0.3 is 0 Å². The predicted molar refractivity (Wildman–Crippen MR) is 229 cm³/mol. The molecule has 6 nitrogen and oxygen atoms in total. The van der Waals surface area contributed by atoms with Crippen molar-refractivity contribution in [1.29, 1.82) is 0 Å². The number of nitrogens with zero attached hydrogens (tertiary/aromatic N) is 2. The van der Waals surface area contributed by atoms with E-state index in [1.807, 2.05) is 103 Å². The van der Waals surface area contributed by atoms with E-state index in [2.05, 4.69) is 32.0 Å². The van der Waals surface area contributed by atoms with Gasteiger partial charge in [-0.3, -0.25) is 19.6 Å². The Morgan fingerprint density at radius 3 is 1.42 bits per heavy atom. The maximum Gasteiger partial charge on any atom is 0.162 e. The van der Waals surface area contributed by atoms with E-state index in [4.69, 9.17) is 33.2 Å². The van der Waals surface area contributed by atoms with E-state index >= 15 is 0 Å². The van der Waals surface area contributed by atoms with Gasteiger partial charge in [0.15, 0.2) is 11.6 Å². The average molecular weight is 794 g/mol. The predicted octanol–water partition coefficient (Wildman–Crippen LogP) is 9.64. The number of benzene rings is 6. The molecule has 2 heterocycles. The van der Waals surface area contributed by atoms with Crippen molar-refractivity contribution in [2.75, 3.05) is 0 Å². The normalized spacial score (nSPS) is 16.2. The maximum atomic E-state index is 13.1. The first-order valence-electron chi connectivity index (χ1n) is 18.9. The number of carbonyl (C=O) groups excluding carboxylic acids is 2. The molecule has 286 valence electrons. The minimum atomic E-state index is -0.462. The van der Waals surface area contributed by atoms with Gasteiger partial charge in [-0.05, 0) is 101 Å². The molecule has 0 aliphatic carbocycles. The van der Waals surface area contributed by atoms with Gasteiger partial charge in [0.05, 0.1) is 18.0 Å². The molecule has 0 saturated carbocycles. The summed E-state index contributed by atoms with van der Waals surface area (Å²) in [5.74, 6) is 0.399. The quantitative estimate of drug-likeness (QED) is 0.168. The average Bonchev–Trinajstić information content (AvgIpc) is 3.43. The van der Waals surface area contributed by atoms with E-state index in [1.165, 1.54) is 0 Å². The van der Waals surface area contributed by atoms with Crippen molar-refractivity contribution in [2.45, 2.75) is 58.2 Å². The first-order chi connectivity index (χ1) is 27.6. The van der Waals surface area contributed by atoms with Crippen LogP contribution in [0.15, 0.2) is 143 Å². The van der Waals surface area contributed by atoms with Crippen molar-refractivity contribution in [3.05, 3.63) is 205 Å². The highest BCUT2D eigenvalue weighted by molar-refractivity contribution is 6.32. The molecule has 8 heteroatoms. The summed E-state index contributed by atoms with van der Waals surface area (Å²) >= 11 is 12.5. The number of ketones is 2. The van der Waals surface area contributed by atoms with Crippen LogP contribution in [0, 0.1) is 13.8 Å². The lowest BCUT2D eigenvalue weighted by Crippen LogP contribution is -2.23. The van der Waals surface area contributed by atoms with E-state index in [0.717, 1.165) is 72.6 Å². The number of phenols is 1. The van der Waals surface area contributed by atoms with Crippen LogP contribution in [0.4, 0.5) is 0 Å². The number of Topliss-reactive ketones (excluding diaryl/α,β-unsaturated/α-hetero) is 2. The van der Waals surface area contributed by atoms with Crippen molar-refractivity contribution in [3.63, 3.8) is 0 Å². The Morgan fingerprint density at radius 2 is 1.00 bits per heavy atom. The fourth-order valence-electron chi connectivity index (χ4n) is 7.31. The number of fused-ring (bicyclic) bond motifs is 2. The summed E-state index contributed by atoms with van der Waals surface area (Å²) in [6.45, 7) is 4.10. The molecule has 6 aromatic carbocycles. The van der Waals surface area contributed by atoms with Crippen molar-refractivity contribution in [3.8, 4) is 5.75 Å². The van der Waals surface area contributed by atoms with Crippen molar-refractivity contribution >= 4 is 46.2 Å². The SMILES string of the molecule is Cc1ccccc1CC1N=C(c2ccc(CO)cc2)c2cc(Cl)ccc2CC1=O.Cc1ccccc1CC1N=C(c2ccc(O)cc2)c2cc(Cl)ccc2CC1=O. The number of aliphatic hydroxyl groups is 1. The molecular weight excluding hydrogens is 751 g/mol. The summed E-state index contributed by atoms with van der Waals surface area (Å²) in [7, 11) is 0. The van der Waals surface area contributed by atoms with Gasteiger partial charge in [0.1, 0.15) is 17.8 Å². The summed E-state index contributed by atoms with van der Waals surface area (Å²) in [4.78, 5) is 36.0. The van der Waals surface area contributed by atoms with Crippen LogP contribution in [0.1, 0.15) is 61.2 Å². The summed E-state index contributed by atoms with van der Waals surface area (Å²) < 4.78 is 0. The number of aryl methyl sites for hydroxylation is 2. The number of hydrogen-bond donors (Lipinski definition) is 2. The Kier molecular flexibility index (Phi) is 12.2. The van der Waals surface area contributed by atoms with Gasteiger partial charge in [0, 0.05) is 58.0 Å². The van der Waals surface area contributed by atoms with Gasteiger partial charge in [0.2, 0.25) is 0 Å². The summed E-state index contributed by atoms with van der Waals surface area (Å²) in [6, 6.07) is 41.0. The fraction of sp³-hybridized carbons (Fsp3) is 0.184. The van der Waals surface area contributed by atoms with Crippen LogP contribution in [0.5, 0.6) is 5.75 Å². The monoisotopic (exact) mass is 792 g/mol. The summed E-state index contributed by atoms with van der Waals surface area (Å²) in [5.41, 5.74) is 12.3. The lowest BCUT2D eigenvalue weighted by Gasteiger charge is -2.13. The van der Waals surface area contributed by atoms with E-state index in [0.29, 0.717) is 35.7 Å². The first kappa shape index (κ1) is 39.6. The highest BCUT2D eigenvalue weighted by Gasteiger charge is 2.28. The van der Waals surface area contributed by atoms with Gasteiger partial charge in [-0.25, -0.2) is 0 Å². The zero-order valence-corrected chi connectivity index (χ0v) is 33.3. The number of carbonyl (C=O) groups is 2. The van der Waals surface area contributed by atoms with Crippen LogP contribution in [-0.2, 0) is 41.9 Å². The molecule has 0 bridgehead atoms. The van der Waals surface area contributed by atoms with Crippen LogP contribution in [0.2, 0.25) is 10.0 Å². The molecule has 2 aliphatic rings. The van der Waals surface area contributed by atoms with E-state index in [1.54, 1.807) is 12.1 Å². The van der Waals surface area contributed by atoms with Gasteiger partial charge in [-0.15, -0.1) is 0 Å². The molecule has 2 N–H and O–H groups in total. The van der Waals surface area contributed by atoms with Crippen molar-refractivity contribution in [2.24, 2.45) is 9.98 Å². The number of phenolic OH excluding ortho intramolecular Hbond substituents is 1. The summed E-state index contributed by atoms with van der Waals surface area (Å²) in [5, 5.41) is 20.2. The number of aliphatic hydroxyl groups excluding tert-OH is 1. The van der Waals surface area contributed by atoms with Gasteiger partial charge in [0.25, 0.3) is 0 Å². The maximum absolute atomic E-state index is 13.1. The second kappa shape index (κ2) is 17.6. The Hall–Kier alpha value is -5.66. The van der Waals surface area contributed by atoms with E-state index in [-0.39, 0.29) is 23.9 Å². The molecule has 8 rings (SSSR count). The molecule has 2 unspecified atom stereocenters. The minimum absolute atomic E-state index is 0.0104. The Balaban J connectivity index is 0.000000174. The minimum Gasteiger partial charge on any atom is -0.508 e. The summed E-state index contributed by atoms with van der Waals surface area (Å²) in [6.07, 6.45) is 1.80. The Labute approximate surface area is 343 Å². The molecular formula is C49H42Cl2N2O4. The van der Waals surface area contributed by atoms with Crippen LogP contribution < -0.4 is 0 Å². The molecule has 0 amide bonds. The molecule has 0 radical (unpaired) electrons. The zero-order valence-electron chi connectivity index (χ0n) is 31.8.